The number of aliphatic hydroxyl groups is 2. The number of aromatic nitrogens is 1. The van der Waals surface area contributed by atoms with Gasteiger partial charge in [0.2, 0.25) is 5.91 Å². The Morgan fingerprint density at radius 1 is 0.712 bits per heavy atom. The van der Waals surface area contributed by atoms with Crippen LogP contribution >= 0.6 is 0 Å². The lowest BCUT2D eigenvalue weighted by molar-refractivity contribution is -0.697. The van der Waals surface area contributed by atoms with Gasteiger partial charge < -0.3 is 37.4 Å². The first kappa shape index (κ1) is 47.5. The Labute approximate surface area is 329 Å². The Bertz CT molecular complexity index is 1180. The second-order valence-corrected chi connectivity index (χ2v) is 14.7. The number of benzene rings is 1. The van der Waals surface area contributed by atoms with E-state index in [1.54, 1.807) is 6.08 Å². The molecule has 2 atom stereocenters. The minimum absolute atomic E-state index is 0. The van der Waals surface area contributed by atoms with Crippen molar-refractivity contribution in [3.8, 4) is 0 Å². The minimum Gasteiger partial charge on any atom is -1.00 e. The van der Waals surface area contributed by atoms with E-state index >= 15 is 0 Å². The van der Waals surface area contributed by atoms with Crippen LogP contribution in [0.5, 0.6) is 0 Å². The van der Waals surface area contributed by atoms with Crippen molar-refractivity contribution in [2.75, 3.05) is 25.6 Å². The number of hydrogen-bond acceptors (Lipinski definition) is 4. The van der Waals surface area contributed by atoms with Crippen LogP contribution in [0.25, 0.3) is 12.2 Å². The Kier molecular flexibility index (Phi) is 29.2. The molecule has 0 radical (unpaired) electrons. The third-order valence-electron chi connectivity index (χ3n) is 9.88. The Balaban J connectivity index is 0.0000135. The first-order valence-corrected chi connectivity index (χ1v) is 20.6. The van der Waals surface area contributed by atoms with E-state index in [4.69, 9.17) is 0 Å². The molecule has 0 aliphatic heterocycles. The van der Waals surface area contributed by atoms with Crippen molar-refractivity contribution in [2.45, 2.75) is 167 Å². The van der Waals surface area contributed by atoms with E-state index in [9.17, 15) is 15.0 Å². The van der Waals surface area contributed by atoms with Crippen molar-refractivity contribution >= 4 is 23.7 Å². The molecule has 2 rings (SSSR count). The third kappa shape index (κ3) is 24.0. The molecule has 3 N–H and O–H groups in total. The number of carbonyl (C=O) groups excluding carboxylic acids is 1. The maximum absolute atomic E-state index is 12.4. The number of carbonyl (C=O) groups is 1. The highest BCUT2D eigenvalue weighted by Gasteiger charge is 2.18. The lowest BCUT2D eigenvalue weighted by Crippen LogP contribution is -3.00. The monoisotopic (exact) mass is 783 g/mol. The van der Waals surface area contributed by atoms with E-state index in [-0.39, 0.29) is 29.5 Å². The highest BCUT2D eigenvalue weighted by atomic mass is 79.9. The average Bonchev–Trinajstić information content (AvgIpc) is 3.14. The lowest BCUT2D eigenvalue weighted by atomic mass is 10.0. The fourth-order valence-corrected chi connectivity index (χ4v) is 6.44. The number of halogens is 1. The van der Waals surface area contributed by atoms with Crippen molar-refractivity contribution < 1.29 is 36.6 Å². The maximum Gasteiger partial charge on any atom is 0.220 e. The number of rotatable bonds is 31. The molecule has 0 bridgehead atoms. The number of hydrogen-bond donors (Lipinski definition) is 3. The molecule has 0 saturated carbocycles. The number of aliphatic hydroxyl groups excluding tert-OH is 2. The second-order valence-electron chi connectivity index (χ2n) is 14.7. The van der Waals surface area contributed by atoms with Gasteiger partial charge in [-0.05, 0) is 48.9 Å². The first-order valence-electron chi connectivity index (χ1n) is 20.6. The summed E-state index contributed by atoms with van der Waals surface area (Å²) in [5.41, 5.74) is 3.63. The van der Waals surface area contributed by atoms with Crippen LogP contribution in [-0.2, 0) is 11.3 Å². The van der Waals surface area contributed by atoms with Gasteiger partial charge in [0.25, 0.3) is 0 Å². The molecule has 1 aromatic carbocycles. The molecule has 2 aromatic rings. The number of unbranched alkanes of at least 4 members (excludes halogenated alkanes) is 19. The van der Waals surface area contributed by atoms with Gasteiger partial charge in [-0.15, -0.1) is 0 Å². The molecule has 0 spiro atoms. The van der Waals surface area contributed by atoms with E-state index in [0.717, 1.165) is 38.6 Å². The second kappa shape index (κ2) is 32.0. The van der Waals surface area contributed by atoms with Crippen molar-refractivity contribution in [2.24, 2.45) is 0 Å². The Hall–Kier alpha value is -2.48. The van der Waals surface area contributed by atoms with Gasteiger partial charge in [0.1, 0.15) is 6.54 Å². The topological polar surface area (TPSA) is 76.7 Å². The molecule has 1 amide bonds. The maximum atomic E-state index is 12.4. The molecule has 0 saturated heterocycles. The number of nitrogens with zero attached hydrogens (tertiary/aromatic N) is 2. The molecule has 0 fully saturated rings. The van der Waals surface area contributed by atoms with Crippen molar-refractivity contribution in [3.63, 3.8) is 0 Å². The summed E-state index contributed by atoms with van der Waals surface area (Å²) in [4.78, 5) is 14.5. The number of amides is 1. The average molecular weight is 785 g/mol. The Morgan fingerprint density at radius 2 is 1.19 bits per heavy atom. The predicted octanol–water partition coefficient (Wildman–Crippen LogP) is 7.21. The standard InChI is InChI=1S/C45H73N3O3.BrH/c1-4-5-6-7-8-9-10-11-12-14-17-20-23-26-44(50)43(39-49)46-45(51)27-24-21-18-15-13-16-19-22-25-36-48-37-34-41(35-38-48)29-28-40-30-32-42(33-31-40)47(2)3;/h23,26,28-35,37-38,43-44,49-50H,4-22,24-25,27,36,39H2,1-3H3;1H/b26-23+;/t43-,44+;/m0./s1. The molecule has 52 heavy (non-hydrogen) atoms. The zero-order valence-corrected chi connectivity index (χ0v) is 34.7. The van der Waals surface area contributed by atoms with Gasteiger partial charge in [0, 0.05) is 44.8 Å². The zero-order valence-electron chi connectivity index (χ0n) is 33.1. The van der Waals surface area contributed by atoms with Crippen LogP contribution < -0.4 is 31.8 Å². The molecular formula is C45H74BrN3O3. The van der Waals surface area contributed by atoms with Gasteiger partial charge >= 0.3 is 0 Å². The summed E-state index contributed by atoms with van der Waals surface area (Å²) >= 11 is 0. The van der Waals surface area contributed by atoms with E-state index in [1.807, 2.05) is 6.08 Å². The molecular weight excluding hydrogens is 710 g/mol. The highest BCUT2D eigenvalue weighted by Crippen LogP contribution is 2.16. The summed E-state index contributed by atoms with van der Waals surface area (Å²) in [6.07, 6.45) is 38.0. The first-order chi connectivity index (χ1) is 24.9. The highest BCUT2D eigenvalue weighted by molar-refractivity contribution is 5.76. The van der Waals surface area contributed by atoms with E-state index in [2.05, 4.69) is 96.7 Å². The van der Waals surface area contributed by atoms with Crippen LogP contribution in [0.15, 0.2) is 60.9 Å². The number of pyridine rings is 1. The molecule has 7 heteroatoms. The Morgan fingerprint density at radius 3 is 1.71 bits per heavy atom. The summed E-state index contributed by atoms with van der Waals surface area (Å²) in [7, 11) is 4.12. The summed E-state index contributed by atoms with van der Waals surface area (Å²) in [5.74, 6) is -0.0816. The van der Waals surface area contributed by atoms with Crippen LogP contribution in [0.1, 0.15) is 159 Å². The van der Waals surface area contributed by atoms with Crippen LogP contribution in [0.3, 0.4) is 0 Å². The van der Waals surface area contributed by atoms with E-state index in [0.29, 0.717) is 6.42 Å². The fraction of sp³-hybridized carbons (Fsp3) is 0.644. The molecule has 0 unspecified atom stereocenters. The quantitative estimate of drug-likeness (QED) is 0.0430. The predicted molar refractivity (Wildman–Crippen MR) is 218 cm³/mol. The van der Waals surface area contributed by atoms with Gasteiger partial charge in [-0.3, -0.25) is 4.79 Å². The largest absolute Gasteiger partial charge is 1.00 e. The van der Waals surface area contributed by atoms with Crippen LogP contribution in [-0.4, -0.2) is 49.0 Å². The third-order valence-corrected chi connectivity index (χ3v) is 9.88. The summed E-state index contributed by atoms with van der Waals surface area (Å²) in [6, 6.07) is 12.3. The minimum atomic E-state index is -0.851. The smallest absolute Gasteiger partial charge is 0.220 e. The van der Waals surface area contributed by atoms with Gasteiger partial charge in [0.15, 0.2) is 12.4 Å². The molecule has 294 valence electrons. The zero-order chi connectivity index (χ0) is 36.8. The SMILES string of the molecule is CCCCCCCCCCCCC/C=C/[C@@H](O)[C@H](CO)NC(=O)CCCCCCCCCCC[n+]1ccc(/C=C/c2ccc(N(C)C)cc2)cc1.[Br-]. The summed E-state index contributed by atoms with van der Waals surface area (Å²) in [5, 5.41) is 23.0. The summed E-state index contributed by atoms with van der Waals surface area (Å²) < 4.78 is 2.28. The number of allylic oxidation sites excluding steroid dienone is 1. The van der Waals surface area contributed by atoms with Crippen molar-refractivity contribution in [3.05, 3.63) is 72.1 Å². The van der Waals surface area contributed by atoms with Gasteiger partial charge in [-0.25, -0.2) is 4.57 Å². The van der Waals surface area contributed by atoms with Crippen LogP contribution in [0, 0.1) is 0 Å². The van der Waals surface area contributed by atoms with E-state index in [1.165, 1.54) is 120 Å². The van der Waals surface area contributed by atoms with Gasteiger partial charge in [-0.2, -0.15) is 0 Å². The number of anilines is 1. The van der Waals surface area contributed by atoms with Crippen LogP contribution in [0.2, 0.25) is 0 Å². The number of nitrogens with one attached hydrogen (secondary N) is 1. The normalized spacial score (nSPS) is 12.6. The van der Waals surface area contributed by atoms with Gasteiger partial charge in [0.05, 0.1) is 18.8 Å². The van der Waals surface area contributed by atoms with Crippen molar-refractivity contribution in [1.82, 2.24) is 5.32 Å². The molecule has 1 heterocycles. The summed E-state index contributed by atoms with van der Waals surface area (Å²) in [6.45, 7) is 3.06. The van der Waals surface area contributed by atoms with E-state index < -0.39 is 12.1 Å². The molecule has 6 nitrogen and oxygen atoms in total. The fourth-order valence-electron chi connectivity index (χ4n) is 6.44. The molecule has 1 aromatic heterocycles. The van der Waals surface area contributed by atoms with Gasteiger partial charge in [-0.1, -0.05) is 146 Å². The van der Waals surface area contributed by atoms with Crippen LogP contribution in [0.4, 0.5) is 5.69 Å². The molecule has 0 aliphatic rings. The van der Waals surface area contributed by atoms with Crippen molar-refractivity contribution in [1.29, 1.82) is 0 Å². The lowest BCUT2D eigenvalue weighted by Gasteiger charge is -2.20. The number of aryl methyl sites for hydroxylation is 1. The molecule has 0 aliphatic carbocycles.